The van der Waals surface area contributed by atoms with Crippen LogP contribution in [0.15, 0.2) is 42.5 Å². The minimum atomic E-state index is -0.688. The maximum Gasteiger partial charge on any atom is 0.257 e. The number of para-hydroxylation sites is 1. The molecular weight excluding hydrogens is 438 g/mol. The Morgan fingerprint density at radius 2 is 1.97 bits per heavy atom. The number of benzene rings is 2. The summed E-state index contributed by atoms with van der Waals surface area (Å²) in [6.07, 6.45) is 3.39. The number of carbonyl (C=O) groups excluding carboxylic acids is 3. The van der Waals surface area contributed by atoms with Gasteiger partial charge in [-0.1, -0.05) is 25.0 Å². The highest BCUT2D eigenvalue weighted by atomic mass is 16.5. The first kappa shape index (κ1) is 25.2. The van der Waals surface area contributed by atoms with Gasteiger partial charge in [-0.25, -0.2) is 5.48 Å². The Hall–Kier alpha value is -3.43. The molecule has 2 bridgehead atoms. The zero-order valence-corrected chi connectivity index (χ0v) is 19.3. The molecule has 0 saturated carbocycles. The molecule has 3 rings (SSSR count). The van der Waals surface area contributed by atoms with E-state index in [1.54, 1.807) is 42.9 Å². The van der Waals surface area contributed by atoms with Crippen LogP contribution in [0.4, 0.5) is 11.4 Å². The van der Waals surface area contributed by atoms with Crippen molar-refractivity contribution in [2.45, 2.75) is 51.0 Å². The molecule has 1 aliphatic heterocycles. The van der Waals surface area contributed by atoms with Crippen LogP contribution >= 0.6 is 0 Å². The molecule has 1 aliphatic rings. The third-order valence-electron chi connectivity index (χ3n) is 5.61. The second kappa shape index (κ2) is 12.7. The molecule has 3 amide bonds. The van der Waals surface area contributed by atoms with Crippen molar-refractivity contribution in [2.75, 3.05) is 24.4 Å². The van der Waals surface area contributed by atoms with Crippen LogP contribution < -0.4 is 20.9 Å². The fourth-order valence-electron chi connectivity index (χ4n) is 3.84. The molecular formula is C25H31N3O6. The van der Waals surface area contributed by atoms with Crippen molar-refractivity contribution in [3.8, 4) is 5.75 Å². The Morgan fingerprint density at radius 1 is 1.15 bits per heavy atom. The van der Waals surface area contributed by atoms with Gasteiger partial charge in [0.1, 0.15) is 11.9 Å². The van der Waals surface area contributed by atoms with Gasteiger partial charge < -0.3 is 20.1 Å². The number of aryl methyl sites for hydroxylation is 1. The fourth-order valence-corrected chi connectivity index (χ4v) is 3.84. The highest BCUT2D eigenvalue weighted by molar-refractivity contribution is 6.10. The summed E-state index contributed by atoms with van der Waals surface area (Å²) in [6, 6.07) is 12.4. The quantitative estimate of drug-likeness (QED) is 0.278. The average molecular weight is 470 g/mol. The fraction of sp³-hybridized carbons (Fsp3) is 0.400. The van der Waals surface area contributed by atoms with Crippen LogP contribution in [0, 0.1) is 0 Å². The van der Waals surface area contributed by atoms with E-state index in [9.17, 15) is 14.4 Å². The highest BCUT2D eigenvalue weighted by Gasteiger charge is 2.22. The summed E-state index contributed by atoms with van der Waals surface area (Å²) in [6.45, 7) is 0.394. The monoisotopic (exact) mass is 469 g/mol. The molecule has 2 aromatic carbocycles. The number of fused-ring (bicyclic) bond motifs is 3. The number of nitrogens with one attached hydrogen (secondary N) is 3. The van der Waals surface area contributed by atoms with Crippen LogP contribution in [0.2, 0.25) is 0 Å². The number of rotatable bonds is 7. The van der Waals surface area contributed by atoms with E-state index in [-0.39, 0.29) is 18.2 Å². The summed E-state index contributed by atoms with van der Waals surface area (Å²) in [4.78, 5) is 37.2. The lowest BCUT2D eigenvalue weighted by Crippen LogP contribution is -2.32. The number of hydrogen-bond acceptors (Lipinski definition) is 6. The van der Waals surface area contributed by atoms with Gasteiger partial charge in [-0.3, -0.25) is 19.6 Å². The number of carbonyl (C=O) groups is 3. The molecule has 0 aromatic heterocycles. The number of anilines is 2. The van der Waals surface area contributed by atoms with E-state index in [0.717, 1.165) is 5.56 Å². The van der Waals surface area contributed by atoms with Crippen molar-refractivity contribution >= 4 is 29.1 Å². The van der Waals surface area contributed by atoms with Crippen molar-refractivity contribution in [3.05, 3.63) is 53.6 Å². The first-order valence-electron chi connectivity index (χ1n) is 11.4. The van der Waals surface area contributed by atoms with Gasteiger partial charge in [0.05, 0.1) is 18.4 Å². The van der Waals surface area contributed by atoms with E-state index >= 15 is 0 Å². The van der Waals surface area contributed by atoms with E-state index < -0.39 is 12.0 Å². The Labute approximate surface area is 198 Å². The van der Waals surface area contributed by atoms with Crippen molar-refractivity contribution in [3.63, 3.8) is 0 Å². The van der Waals surface area contributed by atoms with Gasteiger partial charge in [0.2, 0.25) is 5.91 Å². The molecule has 0 spiro atoms. The van der Waals surface area contributed by atoms with Gasteiger partial charge in [-0.2, -0.15) is 0 Å². The second-order valence-electron chi connectivity index (χ2n) is 8.16. The third kappa shape index (κ3) is 7.29. The molecule has 1 atom stereocenters. The van der Waals surface area contributed by atoms with Crippen LogP contribution in [-0.2, 0) is 20.7 Å². The summed E-state index contributed by atoms with van der Waals surface area (Å²) in [5, 5.41) is 14.3. The van der Waals surface area contributed by atoms with E-state index in [4.69, 9.17) is 14.7 Å². The van der Waals surface area contributed by atoms with Gasteiger partial charge in [-0.15, -0.1) is 0 Å². The molecule has 9 nitrogen and oxygen atoms in total. The molecule has 182 valence electrons. The molecule has 2 aromatic rings. The van der Waals surface area contributed by atoms with Crippen molar-refractivity contribution in [2.24, 2.45) is 0 Å². The maximum atomic E-state index is 13.0. The number of amides is 3. The molecule has 34 heavy (non-hydrogen) atoms. The SMILES string of the molecule is COc1cc2cc(c1)NC(=O)c1ccccc1NC(=O)[C@H](CCCCCC(=O)NO)OCCC2. The van der Waals surface area contributed by atoms with E-state index in [1.165, 1.54) is 0 Å². The molecule has 0 saturated heterocycles. The summed E-state index contributed by atoms with van der Waals surface area (Å²) < 4.78 is 11.3. The van der Waals surface area contributed by atoms with Gasteiger partial charge >= 0.3 is 0 Å². The summed E-state index contributed by atoms with van der Waals surface area (Å²) in [7, 11) is 1.58. The van der Waals surface area contributed by atoms with Crippen LogP contribution in [0.25, 0.3) is 0 Å². The minimum Gasteiger partial charge on any atom is -0.497 e. The summed E-state index contributed by atoms with van der Waals surface area (Å²) in [5.41, 5.74) is 3.96. The first-order valence-corrected chi connectivity index (χ1v) is 11.4. The van der Waals surface area contributed by atoms with Gasteiger partial charge in [-0.05, 0) is 55.5 Å². The second-order valence-corrected chi connectivity index (χ2v) is 8.16. The van der Waals surface area contributed by atoms with Crippen LogP contribution in [0.3, 0.4) is 0 Å². The van der Waals surface area contributed by atoms with Crippen molar-refractivity contribution in [1.82, 2.24) is 5.48 Å². The van der Waals surface area contributed by atoms with E-state index in [0.29, 0.717) is 67.8 Å². The largest absolute Gasteiger partial charge is 0.497 e. The Bertz CT molecular complexity index is 1010. The number of hydroxylamine groups is 1. The molecule has 9 heteroatoms. The molecule has 0 fully saturated rings. The van der Waals surface area contributed by atoms with E-state index in [2.05, 4.69) is 10.6 Å². The molecule has 4 N–H and O–H groups in total. The topological polar surface area (TPSA) is 126 Å². The molecule has 1 heterocycles. The zero-order valence-electron chi connectivity index (χ0n) is 19.3. The molecule has 0 aliphatic carbocycles. The smallest absolute Gasteiger partial charge is 0.257 e. The Balaban J connectivity index is 1.77. The highest BCUT2D eigenvalue weighted by Crippen LogP contribution is 2.25. The maximum absolute atomic E-state index is 13.0. The van der Waals surface area contributed by atoms with Crippen LogP contribution in [-0.4, -0.2) is 42.7 Å². The third-order valence-corrected chi connectivity index (χ3v) is 5.61. The molecule has 0 radical (unpaired) electrons. The predicted molar refractivity (Wildman–Crippen MR) is 127 cm³/mol. The lowest BCUT2D eigenvalue weighted by Gasteiger charge is -2.20. The van der Waals surface area contributed by atoms with Crippen molar-refractivity contribution < 1.29 is 29.1 Å². The van der Waals surface area contributed by atoms with Gasteiger partial charge in [0, 0.05) is 24.8 Å². The Morgan fingerprint density at radius 3 is 2.76 bits per heavy atom. The van der Waals surface area contributed by atoms with Crippen LogP contribution in [0.5, 0.6) is 5.75 Å². The lowest BCUT2D eigenvalue weighted by atomic mass is 10.1. The summed E-state index contributed by atoms with van der Waals surface area (Å²) >= 11 is 0. The lowest BCUT2D eigenvalue weighted by molar-refractivity contribution is -0.129. The Kier molecular flexibility index (Phi) is 9.42. The molecule has 0 unspecified atom stereocenters. The number of ether oxygens (including phenoxy) is 2. The normalized spacial score (nSPS) is 16.5. The number of unbranched alkanes of at least 4 members (excludes halogenated alkanes) is 2. The standard InChI is InChI=1S/C25H31N3O6/c1-33-19-15-17-8-7-13-34-22(11-3-2-4-12-23(29)28-32)25(31)27-21-10-6-5-9-20(21)24(30)26-18(14-17)16-19/h5-6,9-10,14-16,22,32H,2-4,7-8,11-13H2,1H3,(H,26,30)(H,27,31)(H,28,29)/t22-/m0/s1. The minimum absolute atomic E-state index is 0.221. The first-order chi connectivity index (χ1) is 16.5. The summed E-state index contributed by atoms with van der Waals surface area (Å²) in [5.74, 6) is -0.435. The number of hydrogen-bond donors (Lipinski definition) is 4. The van der Waals surface area contributed by atoms with Gasteiger partial charge in [0.15, 0.2) is 0 Å². The van der Waals surface area contributed by atoms with E-state index in [1.807, 2.05) is 12.1 Å². The zero-order chi connectivity index (χ0) is 24.3. The van der Waals surface area contributed by atoms with Crippen molar-refractivity contribution in [1.29, 1.82) is 0 Å². The number of methoxy groups -OCH3 is 1. The predicted octanol–water partition coefficient (Wildman–Crippen LogP) is 3.67. The average Bonchev–Trinajstić information content (AvgIpc) is 2.84. The van der Waals surface area contributed by atoms with Gasteiger partial charge in [0.25, 0.3) is 11.8 Å². The van der Waals surface area contributed by atoms with Crippen LogP contribution in [0.1, 0.15) is 54.4 Å².